The topological polar surface area (TPSA) is 12.0 Å². The van der Waals surface area contributed by atoms with E-state index in [1.807, 2.05) is 49.4 Å². The van der Waals surface area contributed by atoms with Gasteiger partial charge in [-0.05, 0) is 36.8 Å². The molecular formula is C13H11Cl2N. The highest BCUT2D eigenvalue weighted by atomic mass is 35.5. The third-order valence-electron chi connectivity index (χ3n) is 2.23. The third kappa shape index (κ3) is 2.49. The van der Waals surface area contributed by atoms with Crippen molar-refractivity contribution in [1.29, 1.82) is 0 Å². The molecule has 0 fully saturated rings. The Kier molecular flexibility index (Phi) is 3.37. The van der Waals surface area contributed by atoms with E-state index in [4.69, 9.17) is 23.2 Å². The lowest BCUT2D eigenvalue weighted by atomic mass is 10.2. The molecule has 0 heterocycles. The Labute approximate surface area is 105 Å². The molecule has 16 heavy (non-hydrogen) atoms. The molecule has 1 N–H and O–H groups in total. The van der Waals surface area contributed by atoms with Crippen molar-refractivity contribution < 1.29 is 0 Å². The maximum atomic E-state index is 6.12. The van der Waals surface area contributed by atoms with Crippen LogP contribution in [-0.2, 0) is 0 Å². The second kappa shape index (κ2) is 4.77. The third-order valence-corrected chi connectivity index (χ3v) is 3.03. The molecular weight excluding hydrogens is 241 g/mol. The molecule has 2 aromatic rings. The smallest absolute Gasteiger partial charge is 0.0827 e. The molecule has 1 nitrogen and oxygen atoms in total. The summed E-state index contributed by atoms with van der Waals surface area (Å²) in [5, 5.41) is 4.36. The van der Waals surface area contributed by atoms with E-state index in [1.54, 1.807) is 0 Å². The first-order valence-corrected chi connectivity index (χ1v) is 5.70. The van der Waals surface area contributed by atoms with E-state index in [2.05, 4.69) is 5.32 Å². The van der Waals surface area contributed by atoms with Crippen molar-refractivity contribution in [2.24, 2.45) is 0 Å². The minimum Gasteiger partial charge on any atom is -0.354 e. The van der Waals surface area contributed by atoms with Gasteiger partial charge in [-0.25, -0.2) is 0 Å². The second-order valence-electron chi connectivity index (χ2n) is 3.60. The van der Waals surface area contributed by atoms with Gasteiger partial charge in [0.1, 0.15) is 0 Å². The average molecular weight is 252 g/mol. The fourth-order valence-electron chi connectivity index (χ4n) is 1.49. The van der Waals surface area contributed by atoms with Gasteiger partial charge >= 0.3 is 0 Å². The first-order chi connectivity index (χ1) is 7.66. The zero-order valence-electron chi connectivity index (χ0n) is 8.80. The molecule has 0 spiro atoms. The van der Waals surface area contributed by atoms with Crippen molar-refractivity contribution in [3.8, 4) is 0 Å². The van der Waals surface area contributed by atoms with Gasteiger partial charge < -0.3 is 5.32 Å². The van der Waals surface area contributed by atoms with Gasteiger partial charge in [0, 0.05) is 5.69 Å². The molecule has 0 bridgehead atoms. The maximum absolute atomic E-state index is 6.12. The van der Waals surface area contributed by atoms with E-state index >= 15 is 0 Å². The van der Waals surface area contributed by atoms with Gasteiger partial charge in [-0.15, -0.1) is 0 Å². The number of hydrogen-bond donors (Lipinski definition) is 1. The summed E-state index contributed by atoms with van der Waals surface area (Å²) in [4.78, 5) is 0. The highest BCUT2D eigenvalue weighted by molar-refractivity contribution is 6.43. The molecule has 0 atom stereocenters. The van der Waals surface area contributed by atoms with Crippen molar-refractivity contribution in [2.75, 3.05) is 5.32 Å². The van der Waals surface area contributed by atoms with Crippen LogP contribution < -0.4 is 5.32 Å². The lowest BCUT2D eigenvalue weighted by Crippen LogP contribution is -1.92. The summed E-state index contributed by atoms with van der Waals surface area (Å²) in [6.45, 7) is 1.98. The number of nitrogens with one attached hydrogen (secondary N) is 1. The first kappa shape index (κ1) is 11.3. The SMILES string of the molecule is Cc1cc(Cl)c(Cl)c(Nc2ccccc2)c1. The van der Waals surface area contributed by atoms with E-state index in [0.717, 1.165) is 16.9 Å². The molecule has 0 aliphatic carbocycles. The minimum atomic E-state index is 0.552. The van der Waals surface area contributed by atoms with Crippen LogP contribution in [0.4, 0.5) is 11.4 Å². The van der Waals surface area contributed by atoms with E-state index in [-0.39, 0.29) is 0 Å². The van der Waals surface area contributed by atoms with E-state index in [9.17, 15) is 0 Å². The molecule has 2 rings (SSSR count). The molecule has 0 aromatic heterocycles. The normalized spacial score (nSPS) is 10.2. The number of benzene rings is 2. The number of rotatable bonds is 2. The van der Waals surface area contributed by atoms with Gasteiger partial charge in [-0.1, -0.05) is 41.4 Å². The highest BCUT2D eigenvalue weighted by Crippen LogP contribution is 2.33. The number of para-hydroxylation sites is 1. The summed E-state index contributed by atoms with van der Waals surface area (Å²) in [7, 11) is 0. The standard InChI is InChI=1S/C13H11Cl2N/c1-9-7-11(14)13(15)12(8-9)16-10-5-3-2-4-6-10/h2-8,16H,1H3. The Balaban J connectivity index is 2.35. The van der Waals surface area contributed by atoms with Crippen LogP contribution in [0.3, 0.4) is 0 Å². The molecule has 3 heteroatoms. The van der Waals surface area contributed by atoms with Crippen LogP contribution >= 0.6 is 23.2 Å². The van der Waals surface area contributed by atoms with Crippen LogP contribution in [0.2, 0.25) is 10.0 Å². The lowest BCUT2D eigenvalue weighted by molar-refractivity contribution is 1.45. The lowest BCUT2D eigenvalue weighted by Gasteiger charge is -2.10. The van der Waals surface area contributed by atoms with Crippen LogP contribution in [0.5, 0.6) is 0 Å². The zero-order valence-corrected chi connectivity index (χ0v) is 10.3. The summed E-state index contributed by atoms with van der Waals surface area (Å²) >= 11 is 12.1. The minimum absolute atomic E-state index is 0.552. The van der Waals surface area contributed by atoms with Crippen LogP contribution in [0.1, 0.15) is 5.56 Å². The summed E-state index contributed by atoms with van der Waals surface area (Å²) in [6.07, 6.45) is 0. The maximum Gasteiger partial charge on any atom is 0.0827 e. The number of anilines is 2. The second-order valence-corrected chi connectivity index (χ2v) is 4.38. The summed E-state index contributed by atoms with van der Waals surface area (Å²) < 4.78 is 0. The van der Waals surface area contributed by atoms with Crippen molar-refractivity contribution >= 4 is 34.6 Å². The van der Waals surface area contributed by atoms with Crippen LogP contribution in [0.25, 0.3) is 0 Å². The zero-order chi connectivity index (χ0) is 11.5. The van der Waals surface area contributed by atoms with E-state index in [0.29, 0.717) is 10.0 Å². The molecule has 0 saturated carbocycles. The molecule has 0 aliphatic heterocycles. The molecule has 0 saturated heterocycles. The number of halogens is 2. The van der Waals surface area contributed by atoms with Gasteiger partial charge in [-0.3, -0.25) is 0 Å². The summed E-state index contributed by atoms with van der Waals surface area (Å²) in [6, 6.07) is 13.7. The Morgan fingerprint density at radius 2 is 1.69 bits per heavy atom. The Hall–Kier alpha value is -1.18. The Morgan fingerprint density at radius 3 is 2.38 bits per heavy atom. The monoisotopic (exact) mass is 251 g/mol. The van der Waals surface area contributed by atoms with Gasteiger partial charge in [-0.2, -0.15) is 0 Å². The highest BCUT2D eigenvalue weighted by Gasteiger charge is 2.05. The van der Waals surface area contributed by atoms with E-state index in [1.165, 1.54) is 0 Å². The van der Waals surface area contributed by atoms with Crippen LogP contribution in [0.15, 0.2) is 42.5 Å². The fraction of sp³-hybridized carbons (Fsp3) is 0.0769. The van der Waals surface area contributed by atoms with Crippen molar-refractivity contribution in [3.05, 3.63) is 58.1 Å². The average Bonchev–Trinajstić information content (AvgIpc) is 2.27. The van der Waals surface area contributed by atoms with Gasteiger partial charge in [0.15, 0.2) is 0 Å². The van der Waals surface area contributed by atoms with Gasteiger partial charge in [0.25, 0.3) is 0 Å². The number of aryl methyl sites for hydroxylation is 1. The summed E-state index contributed by atoms with van der Waals surface area (Å²) in [5.41, 5.74) is 2.90. The number of hydrogen-bond acceptors (Lipinski definition) is 1. The van der Waals surface area contributed by atoms with Gasteiger partial charge in [0.05, 0.1) is 15.7 Å². The Morgan fingerprint density at radius 1 is 1.00 bits per heavy atom. The van der Waals surface area contributed by atoms with Crippen molar-refractivity contribution in [3.63, 3.8) is 0 Å². The molecule has 82 valence electrons. The van der Waals surface area contributed by atoms with E-state index < -0.39 is 0 Å². The van der Waals surface area contributed by atoms with Crippen molar-refractivity contribution in [2.45, 2.75) is 6.92 Å². The first-order valence-electron chi connectivity index (χ1n) is 4.94. The molecule has 0 amide bonds. The predicted octanol–water partition coefficient (Wildman–Crippen LogP) is 5.05. The molecule has 0 aliphatic rings. The van der Waals surface area contributed by atoms with Crippen molar-refractivity contribution in [1.82, 2.24) is 0 Å². The predicted molar refractivity (Wildman–Crippen MR) is 70.9 cm³/mol. The van der Waals surface area contributed by atoms with Crippen LogP contribution in [0, 0.1) is 6.92 Å². The molecule has 2 aromatic carbocycles. The van der Waals surface area contributed by atoms with Gasteiger partial charge in [0.2, 0.25) is 0 Å². The van der Waals surface area contributed by atoms with Crippen LogP contribution in [-0.4, -0.2) is 0 Å². The Bertz CT molecular complexity index is 495. The quantitative estimate of drug-likeness (QED) is 0.788. The fourth-order valence-corrected chi connectivity index (χ4v) is 1.92. The summed E-state index contributed by atoms with van der Waals surface area (Å²) in [5.74, 6) is 0. The molecule has 0 radical (unpaired) electrons. The molecule has 0 unspecified atom stereocenters. The largest absolute Gasteiger partial charge is 0.354 e.